The molecule has 13 heavy (non-hydrogen) atoms. The van der Waals surface area contributed by atoms with Crippen LogP contribution in [0.5, 0.6) is 0 Å². The Hall–Kier alpha value is 0. The summed E-state index contributed by atoms with van der Waals surface area (Å²) in [6.07, 6.45) is 7.26. The zero-order valence-electron chi connectivity index (χ0n) is 9.84. The highest BCUT2D eigenvalue weighted by atomic mass is 14.3. The van der Waals surface area contributed by atoms with E-state index in [1.807, 2.05) is 0 Å². The van der Waals surface area contributed by atoms with Crippen LogP contribution in [0.15, 0.2) is 0 Å². The minimum atomic E-state index is 0.940. The van der Waals surface area contributed by atoms with Crippen molar-refractivity contribution < 1.29 is 0 Å². The van der Waals surface area contributed by atoms with Crippen molar-refractivity contribution in [2.24, 2.45) is 23.7 Å². The van der Waals surface area contributed by atoms with Crippen molar-refractivity contribution in [3.8, 4) is 0 Å². The summed E-state index contributed by atoms with van der Waals surface area (Å²) in [5.74, 6) is 3.97. The molecule has 78 valence electrons. The van der Waals surface area contributed by atoms with Crippen LogP contribution in [0.25, 0.3) is 0 Å². The van der Waals surface area contributed by atoms with Gasteiger partial charge in [-0.3, -0.25) is 0 Å². The van der Waals surface area contributed by atoms with Crippen molar-refractivity contribution in [3.63, 3.8) is 0 Å². The van der Waals surface area contributed by atoms with Gasteiger partial charge in [0.25, 0.3) is 0 Å². The van der Waals surface area contributed by atoms with Crippen LogP contribution in [-0.2, 0) is 0 Å². The van der Waals surface area contributed by atoms with E-state index >= 15 is 0 Å². The van der Waals surface area contributed by atoms with Gasteiger partial charge in [0.1, 0.15) is 0 Å². The zero-order chi connectivity index (χ0) is 9.84. The van der Waals surface area contributed by atoms with E-state index in [0.29, 0.717) is 0 Å². The van der Waals surface area contributed by atoms with E-state index in [2.05, 4.69) is 27.7 Å². The monoisotopic (exact) mass is 182 g/mol. The van der Waals surface area contributed by atoms with Gasteiger partial charge in [-0.15, -0.1) is 0 Å². The minimum Gasteiger partial charge on any atom is -0.0651 e. The lowest BCUT2D eigenvalue weighted by Gasteiger charge is -2.27. The SMILES string of the molecule is CCC(CC)C(C)C(C)CC1CC1. The molecule has 0 saturated heterocycles. The van der Waals surface area contributed by atoms with Crippen molar-refractivity contribution in [1.82, 2.24) is 0 Å². The summed E-state index contributed by atoms with van der Waals surface area (Å²) in [6.45, 7) is 9.61. The van der Waals surface area contributed by atoms with Gasteiger partial charge >= 0.3 is 0 Å². The summed E-state index contributed by atoms with van der Waals surface area (Å²) < 4.78 is 0. The van der Waals surface area contributed by atoms with Crippen LogP contribution in [0, 0.1) is 23.7 Å². The highest BCUT2D eigenvalue weighted by Gasteiger charge is 2.27. The summed E-state index contributed by atoms with van der Waals surface area (Å²) in [7, 11) is 0. The summed E-state index contributed by atoms with van der Waals surface area (Å²) in [4.78, 5) is 0. The van der Waals surface area contributed by atoms with Crippen LogP contribution >= 0.6 is 0 Å². The molecule has 0 aromatic heterocycles. The maximum Gasteiger partial charge on any atom is -0.0389 e. The third kappa shape index (κ3) is 3.32. The molecule has 0 heteroatoms. The molecule has 0 aromatic rings. The molecule has 2 atom stereocenters. The molecule has 1 rings (SSSR count). The van der Waals surface area contributed by atoms with Gasteiger partial charge in [0.05, 0.1) is 0 Å². The molecule has 0 N–H and O–H groups in total. The second-order valence-electron chi connectivity index (χ2n) is 5.09. The Kier molecular flexibility index (Phi) is 4.28. The molecular formula is C13H26. The van der Waals surface area contributed by atoms with E-state index < -0.39 is 0 Å². The predicted octanol–water partition coefficient (Wildman–Crippen LogP) is 4.49. The summed E-state index contributed by atoms with van der Waals surface area (Å²) >= 11 is 0. The predicted molar refractivity (Wildman–Crippen MR) is 59.7 cm³/mol. The first-order valence-corrected chi connectivity index (χ1v) is 6.19. The maximum absolute atomic E-state index is 2.46. The summed E-state index contributed by atoms with van der Waals surface area (Å²) in [6, 6.07) is 0. The lowest BCUT2D eigenvalue weighted by atomic mass is 9.79. The average molecular weight is 182 g/mol. The molecule has 0 amide bonds. The number of rotatable bonds is 6. The first kappa shape index (κ1) is 11.1. The lowest BCUT2D eigenvalue weighted by molar-refractivity contribution is 0.231. The smallest absolute Gasteiger partial charge is 0.0389 e. The van der Waals surface area contributed by atoms with Crippen molar-refractivity contribution in [1.29, 1.82) is 0 Å². The fourth-order valence-corrected chi connectivity index (χ4v) is 2.59. The Morgan fingerprint density at radius 1 is 1.08 bits per heavy atom. The Morgan fingerprint density at radius 2 is 1.62 bits per heavy atom. The van der Waals surface area contributed by atoms with Gasteiger partial charge in [-0.1, -0.05) is 53.4 Å². The second-order valence-corrected chi connectivity index (χ2v) is 5.09. The van der Waals surface area contributed by atoms with Crippen molar-refractivity contribution >= 4 is 0 Å². The molecule has 0 bridgehead atoms. The number of hydrogen-bond donors (Lipinski definition) is 0. The quantitative estimate of drug-likeness (QED) is 0.567. The molecule has 0 aromatic carbocycles. The van der Waals surface area contributed by atoms with Crippen LogP contribution in [0.4, 0.5) is 0 Å². The first-order chi connectivity index (χ1) is 6.19. The zero-order valence-corrected chi connectivity index (χ0v) is 9.84. The molecule has 0 aliphatic heterocycles. The van der Waals surface area contributed by atoms with Gasteiger partial charge in [-0.25, -0.2) is 0 Å². The van der Waals surface area contributed by atoms with E-state index in [1.165, 1.54) is 32.1 Å². The maximum atomic E-state index is 2.46. The van der Waals surface area contributed by atoms with Crippen LogP contribution in [0.1, 0.15) is 59.8 Å². The van der Waals surface area contributed by atoms with E-state index in [-0.39, 0.29) is 0 Å². The van der Waals surface area contributed by atoms with Crippen molar-refractivity contribution in [2.45, 2.75) is 59.8 Å². The molecule has 1 aliphatic rings. The molecule has 0 spiro atoms. The van der Waals surface area contributed by atoms with Crippen LogP contribution in [0.3, 0.4) is 0 Å². The highest BCUT2D eigenvalue weighted by molar-refractivity contribution is 4.79. The van der Waals surface area contributed by atoms with Gasteiger partial charge in [-0.05, 0) is 30.1 Å². The van der Waals surface area contributed by atoms with Crippen molar-refractivity contribution in [3.05, 3.63) is 0 Å². The van der Waals surface area contributed by atoms with Gasteiger partial charge in [0, 0.05) is 0 Å². The Morgan fingerprint density at radius 3 is 2.00 bits per heavy atom. The molecule has 0 radical (unpaired) electrons. The van der Waals surface area contributed by atoms with Gasteiger partial charge in [-0.2, -0.15) is 0 Å². The molecule has 1 aliphatic carbocycles. The fraction of sp³-hybridized carbons (Fsp3) is 1.00. The summed E-state index contributed by atoms with van der Waals surface area (Å²) in [5.41, 5.74) is 0. The Bertz CT molecular complexity index is 131. The van der Waals surface area contributed by atoms with E-state index in [4.69, 9.17) is 0 Å². The lowest BCUT2D eigenvalue weighted by Crippen LogP contribution is -2.18. The number of hydrogen-bond acceptors (Lipinski definition) is 0. The molecule has 0 nitrogen and oxygen atoms in total. The molecule has 1 fully saturated rings. The first-order valence-electron chi connectivity index (χ1n) is 6.19. The normalized spacial score (nSPS) is 21.9. The topological polar surface area (TPSA) is 0 Å². The largest absolute Gasteiger partial charge is 0.0651 e. The standard InChI is InChI=1S/C13H26/c1-5-13(6-2)11(4)10(3)9-12-7-8-12/h10-13H,5-9H2,1-4H3. The van der Waals surface area contributed by atoms with Crippen molar-refractivity contribution in [2.75, 3.05) is 0 Å². The highest BCUT2D eigenvalue weighted by Crippen LogP contribution is 2.39. The second kappa shape index (κ2) is 5.02. The van der Waals surface area contributed by atoms with E-state index in [1.54, 1.807) is 0 Å². The minimum absolute atomic E-state index is 0.940. The van der Waals surface area contributed by atoms with Gasteiger partial charge < -0.3 is 0 Å². The third-order valence-corrected chi connectivity index (χ3v) is 4.09. The molecule has 2 unspecified atom stereocenters. The van der Waals surface area contributed by atoms with E-state index in [9.17, 15) is 0 Å². The fourth-order valence-electron chi connectivity index (χ4n) is 2.59. The average Bonchev–Trinajstić information content (AvgIpc) is 2.90. The Balaban J connectivity index is 2.29. The van der Waals surface area contributed by atoms with Crippen LogP contribution in [0.2, 0.25) is 0 Å². The van der Waals surface area contributed by atoms with E-state index in [0.717, 1.165) is 23.7 Å². The summed E-state index contributed by atoms with van der Waals surface area (Å²) in [5, 5.41) is 0. The van der Waals surface area contributed by atoms with Gasteiger partial charge in [0.15, 0.2) is 0 Å². The van der Waals surface area contributed by atoms with Crippen LogP contribution < -0.4 is 0 Å². The third-order valence-electron chi connectivity index (χ3n) is 4.09. The van der Waals surface area contributed by atoms with Gasteiger partial charge in [0.2, 0.25) is 0 Å². The van der Waals surface area contributed by atoms with Crippen LogP contribution in [-0.4, -0.2) is 0 Å². The Labute approximate surface area is 84.1 Å². The molecular weight excluding hydrogens is 156 g/mol. The molecule has 0 heterocycles. The molecule has 1 saturated carbocycles.